The average molecular weight is 322 g/mol. The molecule has 122 valence electrons. The first-order valence-corrected chi connectivity index (χ1v) is 8.08. The summed E-state index contributed by atoms with van der Waals surface area (Å²) in [5, 5.41) is 4.62. The predicted octanol–water partition coefficient (Wildman–Crippen LogP) is 1.78. The number of pyridine rings is 1. The highest BCUT2D eigenvalue weighted by atomic mass is 16.2. The van der Waals surface area contributed by atoms with Crippen LogP contribution >= 0.6 is 0 Å². The summed E-state index contributed by atoms with van der Waals surface area (Å²) in [5.74, 6) is 0.304. The number of piperidine rings is 1. The Labute approximate surface area is 139 Å². The molecule has 4 rings (SSSR count). The Morgan fingerprint density at radius 3 is 2.62 bits per heavy atom. The van der Waals surface area contributed by atoms with E-state index in [0.29, 0.717) is 24.7 Å². The van der Waals surface area contributed by atoms with Gasteiger partial charge in [0.25, 0.3) is 5.91 Å². The molecule has 1 saturated heterocycles. The molecule has 0 bridgehead atoms. The summed E-state index contributed by atoms with van der Waals surface area (Å²) in [6.07, 6.45) is 6.79. The second-order valence-electron chi connectivity index (χ2n) is 6.02. The normalized spacial score (nSPS) is 15.8. The van der Waals surface area contributed by atoms with Gasteiger partial charge in [0.2, 0.25) is 0 Å². The zero-order chi connectivity index (χ0) is 16.5. The van der Waals surface area contributed by atoms with Crippen molar-refractivity contribution in [3.05, 3.63) is 48.2 Å². The van der Waals surface area contributed by atoms with Crippen molar-refractivity contribution < 1.29 is 4.79 Å². The van der Waals surface area contributed by atoms with E-state index in [2.05, 4.69) is 20.1 Å². The first-order valence-electron chi connectivity index (χ1n) is 8.08. The third-order valence-electron chi connectivity index (χ3n) is 4.54. The molecule has 3 aromatic heterocycles. The summed E-state index contributed by atoms with van der Waals surface area (Å²) >= 11 is 0. The Balaban J connectivity index is 1.51. The molecule has 7 nitrogen and oxygen atoms in total. The van der Waals surface area contributed by atoms with E-state index < -0.39 is 0 Å². The minimum Gasteiger partial charge on any atom is -0.337 e. The van der Waals surface area contributed by atoms with E-state index in [-0.39, 0.29) is 5.91 Å². The maximum Gasteiger partial charge on any atom is 0.272 e. The lowest BCUT2D eigenvalue weighted by Gasteiger charge is -2.31. The van der Waals surface area contributed by atoms with E-state index >= 15 is 0 Å². The van der Waals surface area contributed by atoms with Gasteiger partial charge in [0.15, 0.2) is 5.65 Å². The van der Waals surface area contributed by atoms with Crippen LogP contribution in [0.5, 0.6) is 0 Å². The van der Waals surface area contributed by atoms with Crippen LogP contribution < -0.4 is 0 Å². The first-order chi connectivity index (χ1) is 11.7. The highest BCUT2D eigenvalue weighted by Crippen LogP contribution is 2.31. The van der Waals surface area contributed by atoms with Gasteiger partial charge in [-0.2, -0.15) is 5.10 Å². The summed E-state index contributed by atoms with van der Waals surface area (Å²) in [4.78, 5) is 27.3. The molecule has 0 unspecified atom stereocenters. The van der Waals surface area contributed by atoms with Crippen molar-refractivity contribution in [1.29, 1.82) is 0 Å². The largest absolute Gasteiger partial charge is 0.337 e. The molecule has 1 fully saturated rings. The second kappa shape index (κ2) is 5.99. The number of aromatic nitrogens is 5. The monoisotopic (exact) mass is 322 g/mol. The summed E-state index contributed by atoms with van der Waals surface area (Å²) in [6.45, 7) is 1.41. The fourth-order valence-electron chi connectivity index (χ4n) is 3.29. The molecule has 24 heavy (non-hydrogen) atoms. The third-order valence-corrected chi connectivity index (χ3v) is 4.54. The van der Waals surface area contributed by atoms with Gasteiger partial charge in [-0.1, -0.05) is 6.07 Å². The zero-order valence-corrected chi connectivity index (χ0v) is 13.5. The molecule has 7 heteroatoms. The maximum atomic E-state index is 12.5. The van der Waals surface area contributed by atoms with Crippen molar-refractivity contribution in [2.45, 2.75) is 18.8 Å². The standard InChI is InChI=1S/C17H18N6O/c1-22-16-15(19-8-9-20-16)14(21-22)12-5-10-23(11-6-12)17(24)13-4-2-3-7-18-13/h2-4,7-9,12H,5-6,10-11H2,1H3. The Hall–Kier alpha value is -2.83. The molecule has 4 heterocycles. The number of fused-ring (bicyclic) bond motifs is 1. The Morgan fingerprint density at radius 1 is 1.08 bits per heavy atom. The molecular weight excluding hydrogens is 304 g/mol. The summed E-state index contributed by atoms with van der Waals surface area (Å²) in [6, 6.07) is 5.41. The predicted molar refractivity (Wildman–Crippen MR) is 88.4 cm³/mol. The molecule has 0 saturated carbocycles. The minimum absolute atomic E-state index is 0.000259. The number of carbonyl (C=O) groups excluding carboxylic acids is 1. The molecule has 3 aromatic rings. The smallest absolute Gasteiger partial charge is 0.272 e. The van der Waals surface area contributed by atoms with Gasteiger partial charge in [0.05, 0.1) is 5.69 Å². The average Bonchev–Trinajstić information content (AvgIpc) is 2.99. The Morgan fingerprint density at radius 2 is 1.88 bits per heavy atom. The van der Waals surface area contributed by atoms with E-state index in [4.69, 9.17) is 0 Å². The van der Waals surface area contributed by atoms with E-state index in [1.54, 1.807) is 29.3 Å². The van der Waals surface area contributed by atoms with Crippen LogP contribution in [-0.2, 0) is 7.05 Å². The van der Waals surface area contributed by atoms with Gasteiger partial charge < -0.3 is 4.90 Å². The van der Waals surface area contributed by atoms with Crippen molar-refractivity contribution in [3.8, 4) is 0 Å². The van der Waals surface area contributed by atoms with Crippen LogP contribution in [0.15, 0.2) is 36.8 Å². The number of likely N-dealkylation sites (tertiary alicyclic amines) is 1. The summed E-state index contributed by atoms with van der Waals surface area (Å²) in [5.41, 5.74) is 3.17. The molecule has 0 radical (unpaired) electrons. The molecule has 0 N–H and O–H groups in total. The highest BCUT2D eigenvalue weighted by Gasteiger charge is 2.28. The van der Waals surface area contributed by atoms with E-state index in [0.717, 1.165) is 29.7 Å². The van der Waals surface area contributed by atoms with Crippen LogP contribution in [0.1, 0.15) is 34.9 Å². The Bertz CT molecular complexity index is 867. The summed E-state index contributed by atoms with van der Waals surface area (Å²) < 4.78 is 1.78. The molecule has 0 aromatic carbocycles. The van der Waals surface area contributed by atoms with Crippen LogP contribution in [0.2, 0.25) is 0 Å². The van der Waals surface area contributed by atoms with Gasteiger partial charge >= 0.3 is 0 Å². The Kier molecular flexibility index (Phi) is 3.68. The number of nitrogens with zero attached hydrogens (tertiary/aromatic N) is 6. The number of hydrogen-bond donors (Lipinski definition) is 0. The van der Waals surface area contributed by atoms with Crippen molar-refractivity contribution in [1.82, 2.24) is 29.6 Å². The van der Waals surface area contributed by atoms with E-state index in [1.807, 2.05) is 24.1 Å². The molecule has 0 atom stereocenters. The minimum atomic E-state index is -0.000259. The quantitative estimate of drug-likeness (QED) is 0.719. The van der Waals surface area contributed by atoms with Gasteiger partial charge in [-0.05, 0) is 25.0 Å². The first kappa shape index (κ1) is 14.7. The summed E-state index contributed by atoms with van der Waals surface area (Å²) in [7, 11) is 1.89. The van der Waals surface area contributed by atoms with E-state index in [1.165, 1.54) is 0 Å². The molecular formula is C17H18N6O. The molecule has 1 aliphatic rings. The van der Waals surface area contributed by atoms with Crippen LogP contribution in [0.3, 0.4) is 0 Å². The second-order valence-corrected chi connectivity index (χ2v) is 6.02. The van der Waals surface area contributed by atoms with Crippen molar-refractivity contribution in [2.75, 3.05) is 13.1 Å². The number of hydrogen-bond acceptors (Lipinski definition) is 5. The SMILES string of the molecule is Cn1nc(C2CCN(C(=O)c3ccccn3)CC2)c2nccnc21. The maximum absolute atomic E-state index is 12.5. The lowest BCUT2D eigenvalue weighted by Crippen LogP contribution is -2.38. The van der Waals surface area contributed by atoms with Gasteiger partial charge in [0.1, 0.15) is 11.2 Å². The van der Waals surface area contributed by atoms with E-state index in [9.17, 15) is 4.79 Å². The fraction of sp³-hybridized carbons (Fsp3) is 0.353. The number of rotatable bonds is 2. The van der Waals surface area contributed by atoms with Crippen LogP contribution in [0.4, 0.5) is 0 Å². The lowest BCUT2D eigenvalue weighted by molar-refractivity contribution is 0.0706. The van der Waals surface area contributed by atoms with Gasteiger partial charge in [-0.25, -0.2) is 14.6 Å². The van der Waals surface area contributed by atoms with Gasteiger partial charge in [-0.15, -0.1) is 0 Å². The fourth-order valence-corrected chi connectivity index (χ4v) is 3.29. The number of carbonyl (C=O) groups is 1. The zero-order valence-electron chi connectivity index (χ0n) is 13.5. The van der Waals surface area contributed by atoms with Gasteiger partial charge in [0, 0.05) is 44.6 Å². The van der Waals surface area contributed by atoms with Crippen LogP contribution in [-0.4, -0.2) is 48.6 Å². The molecule has 0 spiro atoms. The van der Waals surface area contributed by atoms with Crippen molar-refractivity contribution in [2.24, 2.45) is 7.05 Å². The molecule has 1 amide bonds. The van der Waals surface area contributed by atoms with Crippen LogP contribution in [0.25, 0.3) is 11.2 Å². The van der Waals surface area contributed by atoms with Crippen molar-refractivity contribution >= 4 is 17.1 Å². The highest BCUT2D eigenvalue weighted by molar-refractivity contribution is 5.92. The lowest BCUT2D eigenvalue weighted by atomic mass is 9.93. The van der Waals surface area contributed by atoms with Crippen LogP contribution in [0, 0.1) is 0 Å². The molecule has 0 aliphatic carbocycles. The van der Waals surface area contributed by atoms with Gasteiger partial charge in [-0.3, -0.25) is 9.78 Å². The topological polar surface area (TPSA) is 76.8 Å². The number of amides is 1. The van der Waals surface area contributed by atoms with Crippen molar-refractivity contribution in [3.63, 3.8) is 0 Å². The molecule has 1 aliphatic heterocycles. The third kappa shape index (κ3) is 2.51. The number of aryl methyl sites for hydroxylation is 1.